The van der Waals surface area contributed by atoms with Crippen molar-refractivity contribution in [3.05, 3.63) is 76.7 Å². The van der Waals surface area contributed by atoms with Crippen molar-refractivity contribution >= 4 is 11.5 Å². The van der Waals surface area contributed by atoms with Crippen LogP contribution in [0.3, 0.4) is 0 Å². The second kappa shape index (κ2) is 8.11. The fourth-order valence-electron chi connectivity index (χ4n) is 4.49. The summed E-state index contributed by atoms with van der Waals surface area (Å²) in [5, 5.41) is 9.84. The van der Waals surface area contributed by atoms with Crippen LogP contribution in [0, 0.1) is 28.5 Å². The minimum absolute atomic E-state index is 0.0874. The van der Waals surface area contributed by atoms with Gasteiger partial charge in [-0.05, 0) is 54.2 Å². The molecule has 0 bridgehead atoms. The molecule has 4 nitrogen and oxygen atoms in total. The molecule has 2 aromatic carbocycles. The van der Waals surface area contributed by atoms with Crippen molar-refractivity contribution < 1.29 is 13.9 Å². The third kappa shape index (κ3) is 4.29. The van der Waals surface area contributed by atoms with Gasteiger partial charge in [0.05, 0.1) is 12.0 Å². The molecule has 5 heteroatoms. The monoisotopic (exact) mass is 416 g/mol. The summed E-state index contributed by atoms with van der Waals surface area (Å²) in [5.74, 6) is -0.291. The first-order valence-electron chi connectivity index (χ1n) is 10.5. The average molecular weight is 416 g/mol. The average Bonchev–Trinajstić information content (AvgIpc) is 2.72. The van der Waals surface area contributed by atoms with Gasteiger partial charge >= 0.3 is 0 Å². The molecule has 0 spiro atoms. The van der Waals surface area contributed by atoms with Crippen molar-refractivity contribution in [1.82, 2.24) is 0 Å². The maximum atomic E-state index is 13.1. The number of nitriles is 1. The fraction of sp³-hybridized carbons (Fsp3) is 0.346. The topological polar surface area (TPSA) is 62.4 Å². The first-order valence-corrected chi connectivity index (χ1v) is 10.5. The molecule has 0 fully saturated rings. The summed E-state index contributed by atoms with van der Waals surface area (Å²) in [7, 11) is 0. The molecule has 0 radical (unpaired) electrons. The first kappa shape index (κ1) is 21.0. The second-order valence-electron chi connectivity index (χ2n) is 9.12. The number of allylic oxidation sites excluding steroid dienone is 2. The van der Waals surface area contributed by atoms with E-state index in [4.69, 9.17) is 4.74 Å². The van der Waals surface area contributed by atoms with Gasteiger partial charge in [-0.2, -0.15) is 5.26 Å². The van der Waals surface area contributed by atoms with Crippen LogP contribution in [-0.2, 0) is 11.4 Å². The number of halogens is 1. The molecule has 1 heterocycles. The van der Waals surface area contributed by atoms with Gasteiger partial charge in [0.25, 0.3) is 0 Å². The Morgan fingerprint density at radius 2 is 1.81 bits per heavy atom. The van der Waals surface area contributed by atoms with E-state index < -0.39 is 5.92 Å². The van der Waals surface area contributed by atoms with Crippen molar-refractivity contribution in [3.63, 3.8) is 0 Å². The highest BCUT2D eigenvalue weighted by molar-refractivity contribution is 6.03. The zero-order valence-electron chi connectivity index (χ0n) is 18.0. The molecule has 4 rings (SSSR count). The van der Waals surface area contributed by atoms with Crippen molar-refractivity contribution in [1.29, 1.82) is 5.26 Å². The molecule has 158 valence electrons. The van der Waals surface area contributed by atoms with E-state index in [1.54, 1.807) is 12.1 Å². The number of hydrogen-bond donors (Lipinski definition) is 0. The Labute approximate surface area is 182 Å². The van der Waals surface area contributed by atoms with Gasteiger partial charge in [-0.1, -0.05) is 38.1 Å². The summed E-state index contributed by atoms with van der Waals surface area (Å²) in [4.78, 5) is 17.7. The van der Waals surface area contributed by atoms with Gasteiger partial charge in [0.1, 0.15) is 18.2 Å². The molecule has 1 unspecified atom stereocenters. The fourth-order valence-corrected chi connectivity index (χ4v) is 4.49. The molecule has 0 amide bonds. The lowest BCUT2D eigenvalue weighted by Gasteiger charge is -2.37. The van der Waals surface area contributed by atoms with Crippen LogP contribution >= 0.6 is 0 Å². The van der Waals surface area contributed by atoms with Gasteiger partial charge in [-0.3, -0.25) is 9.79 Å². The first-order chi connectivity index (χ1) is 14.8. The second-order valence-corrected chi connectivity index (χ2v) is 9.12. The van der Waals surface area contributed by atoms with Crippen LogP contribution in [0.15, 0.2) is 64.8 Å². The molecular formula is C26H25FN2O2. The Morgan fingerprint density at radius 3 is 2.45 bits per heavy atom. The predicted molar refractivity (Wildman–Crippen MR) is 117 cm³/mol. The third-order valence-corrected chi connectivity index (χ3v) is 6.00. The molecule has 1 aliphatic carbocycles. The van der Waals surface area contributed by atoms with E-state index >= 15 is 0 Å². The molecule has 2 atom stereocenters. The van der Waals surface area contributed by atoms with Crippen molar-refractivity contribution in [2.24, 2.45) is 16.3 Å². The van der Waals surface area contributed by atoms with E-state index in [9.17, 15) is 14.4 Å². The Morgan fingerprint density at radius 1 is 1.13 bits per heavy atom. The number of nitrogens with zero attached hydrogens (tertiary/aromatic N) is 2. The lowest BCUT2D eigenvalue weighted by molar-refractivity contribution is -0.118. The highest BCUT2D eigenvalue weighted by Crippen LogP contribution is 2.47. The third-order valence-electron chi connectivity index (χ3n) is 6.00. The van der Waals surface area contributed by atoms with Gasteiger partial charge in [0.2, 0.25) is 0 Å². The quantitative estimate of drug-likeness (QED) is 0.638. The van der Waals surface area contributed by atoms with Crippen LogP contribution in [0.25, 0.3) is 0 Å². The number of Topliss-reactive ketones (excluding diaryl/α,β-unsaturated/α-hetero) is 1. The Bertz CT molecular complexity index is 1110. The number of carbonyl (C=O) groups is 1. The summed E-state index contributed by atoms with van der Waals surface area (Å²) < 4.78 is 18.9. The van der Waals surface area contributed by atoms with Crippen LogP contribution in [0.2, 0.25) is 0 Å². The molecule has 2 aliphatic rings. The largest absolute Gasteiger partial charge is 0.489 e. The number of carbonyl (C=O) groups excluding carboxylic acids is 1. The van der Waals surface area contributed by atoms with Crippen LogP contribution in [-0.4, -0.2) is 11.5 Å². The van der Waals surface area contributed by atoms with Crippen LogP contribution < -0.4 is 4.74 Å². The summed E-state index contributed by atoms with van der Waals surface area (Å²) in [5.41, 5.74) is 3.94. The van der Waals surface area contributed by atoms with Gasteiger partial charge < -0.3 is 4.74 Å². The van der Waals surface area contributed by atoms with Gasteiger partial charge in [-0.25, -0.2) is 4.39 Å². The standard InChI is InChI=1S/C26H25FN2O2/c1-16-21(14-28)24(25-22(29-16)12-26(2,3)13-23(25)30)18-6-10-20(11-7-18)31-15-17-4-8-19(27)9-5-17/h4-11,21,24H,12-13,15H2,1-3H3/t21?,24-/m0/s1. The Hall–Kier alpha value is -3.26. The van der Waals surface area contributed by atoms with Gasteiger partial charge in [0.15, 0.2) is 5.78 Å². The van der Waals surface area contributed by atoms with Crippen molar-refractivity contribution in [2.75, 3.05) is 0 Å². The number of aliphatic imine (C=N–C) groups is 1. The number of ketones is 1. The number of ether oxygens (including phenoxy) is 1. The zero-order chi connectivity index (χ0) is 22.2. The number of hydrogen-bond acceptors (Lipinski definition) is 4. The molecule has 1 aliphatic heterocycles. The van der Waals surface area contributed by atoms with Crippen molar-refractivity contribution in [2.45, 2.75) is 46.1 Å². The number of benzene rings is 2. The van der Waals surface area contributed by atoms with E-state index in [1.165, 1.54) is 12.1 Å². The maximum absolute atomic E-state index is 13.1. The lowest BCUT2D eigenvalue weighted by atomic mass is 9.67. The summed E-state index contributed by atoms with van der Waals surface area (Å²) in [6.07, 6.45) is 1.20. The van der Waals surface area contributed by atoms with Crippen LogP contribution in [0.1, 0.15) is 50.7 Å². The Balaban J connectivity index is 1.60. The summed E-state index contributed by atoms with van der Waals surface area (Å²) >= 11 is 0. The highest BCUT2D eigenvalue weighted by atomic mass is 19.1. The molecule has 0 N–H and O–H groups in total. The molecule has 2 aromatic rings. The van der Waals surface area contributed by atoms with Gasteiger partial charge in [0, 0.05) is 29.3 Å². The van der Waals surface area contributed by atoms with E-state index in [-0.39, 0.29) is 22.9 Å². The molecule has 0 saturated carbocycles. The predicted octanol–water partition coefficient (Wildman–Crippen LogP) is 5.75. The van der Waals surface area contributed by atoms with E-state index in [0.29, 0.717) is 24.4 Å². The SMILES string of the molecule is CC1=NC2=C(C(=O)CC(C)(C)C2)[C@@H](c2ccc(OCc3ccc(F)cc3)cc2)C1C#N. The van der Waals surface area contributed by atoms with Crippen LogP contribution in [0.4, 0.5) is 4.39 Å². The lowest BCUT2D eigenvalue weighted by Crippen LogP contribution is -2.35. The Kier molecular flexibility index (Phi) is 5.49. The number of rotatable bonds is 4. The van der Waals surface area contributed by atoms with E-state index in [0.717, 1.165) is 29.0 Å². The molecule has 0 aromatic heterocycles. The highest BCUT2D eigenvalue weighted by Gasteiger charge is 2.43. The van der Waals surface area contributed by atoms with E-state index in [2.05, 4.69) is 24.9 Å². The van der Waals surface area contributed by atoms with Crippen molar-refractivity contribution in [3.8, 4) is 11.8 Å². The van der Waals surface area contributed by atoms with E-state index in [1.807, 2.05) is 31.2 Å². The molecule has 0 saturated heterocycles. The summed E-state index contributed by atoms with van der Waals surface area (Å²) in [6, 6.07) is 16.1. The maximum Gasteiger partial charge on any atom is 0.161 e. The summed E-state index contributed by atoms with van der Waals surface area (Å²) in [6.45, 7) is 6.37. The smallest absolute Gasteiger partial charge is 0.161 e. The van der Waals surface area contributed by atoms with Gasteiger partial charge in [-0.15, -0.1) is 0 Å². The normalized spacial score (nSPS) is 22.4. The zero-order valence-corrected chi connectivity index (χ0v) is 18.0. The van der Waals surface area contributed by atoms with Crippen LogP contribution in [0.5, 0.6) is 5.75 Å². The molecular weight excluding hydrogens is 391 g/mol. The minimum Gasteiger partial charge on any atom is -0.489 e. The molecule has 31 heavy (non-hydrogen) atoms. The minimum atomic E-state index is -0.463.